The van der Waals surface area contributed by atoms with E-state index >= 15 is 0 Å². The smallest absolute Gasteiger partial charge is 0.257 e. The second kappa shape index (κ2) is 6.49. The van der Waals surface area contributed by atoms with Crippen LogP contribution in [0.1, 0.15) is 12.8 Å². The number of halogens is 2. The number of amides is 1. The maximum atomic E-state index is 13.0. The Hall–Kier alpha value is -1.59. The van der Waals surface area contributed by atoms with E-state index in [9.17, 15) is 30.4 Å². The molecule has 0 aliphatic carbocycles. The van der Waals surface area contributed by atoms with Gasteiger partial charge >= 0.3 is 0 Å². The van der Waals surface area contributed by atoms with Gasteiger partial charge in [0.15, 0.2) is 21.5 Å². The Morgan fingerprint density at radius 2 is 1.96 bits per heavy atom. The highest BCUT2D eigenvalue weighted by Gasteiger charge is 2.29. The van der Waals surface area contributed by atoms with Crippen molar-refractivity contribution in [3.05, 3.63) is 29.8 Å². The molecule has 1 amide bonds. The largest absolute Gasteiger partial charge is 0.278 e. The van der Waals surface area contributed by atoms with Gasteiger partial charge in [-0.05, 0) is 30.5 Å². The number of benzene rings is 1. The van der Waals surface area contributed by atoms with Crippen LogP contribution in [0.4, 0.5) is 8.78 Å². The summed E-state index contributed by atoms with van der Waals surface area (Å²) in [6.07, 6.45) is 0.186. The molecule has 11 heteroatoms. The van der Waals surface area contributed by atoms with E-state index in [4.69, 9.17) is 0 Å². The SMILES string of the molecule is O=C(C[C@H]1CCS(=O)(=O)C1)NNS(=O)(=O)c1ccc(F)c(F)c1. The van der Waals surface area contributed by atoms with E-state index in [2.05, 4.69) is 0 Å². The van der Waals surface area contributed by atoms with Gasteiger partial charge in [0.05, 0.1) is 16.4 Å². The third-order valence-corrected chi connectivity index (χ3v) is 6.41. The highest BCUT2D eigenvalue weighted by Crippen LogP contribution is 2.21. The van der Waals surface area contributed by atoms with Crippen LogP contribution in [-0.2, 0) is 24.7 Å². The zero-order valence-corrected chi connectivity index (χ0v) is 13.4. The van der Waals surface area contributed by atoms with Crippen molar-refractivity contribution >= 4 is 25.8 Å². The molecule has 128 valence electrons. The molecule has 1 saturated heterocycles. The molecule has 0 spiro atoms. The molecule has 1 aliphatic heterocycles. The molecule has 0 radical (unpaired) electrons. The second-order valence-electron chi connectivity index (χ2n) is 5.20. The molecular formula is C12H14F2N2O5S2. The molecule has 0 saturated carbocycles. The van der Waals surface area contributed by atoms with E-state index in [1.165, 1.54) is 0 Å². The van der Waals surface area contributed by atoms with Gasteiger partial charge in [-0.3, -0.25) is 10.2 Å². The number of hydrogen-bond acceptors (Lipinski definition) is 5. The number of sulfone groups is 1. The first-order chi connectivity index (χ1) is 10.6. The molecule has 0 unspecified atom stereocenters. The Bertz CT molecular complexity index is 824. The van der Waals surface area contributed by atoms with Crippen LogP contribution in [0.3, 0.4) is 0 Å². The summed E-state index contributed by atoms with van der Waals surface area (Å²) in [5.74, 6) is -3.72. The predicted molar refractivity (Wildman–Crippen MR) is 76.2 cm³/mol. The van der Waals surface area contributed by atoms with E-state index in [0.29, 0.717) is 18.6 Å². The number of hydrogen-bond donors (Lipinski definition) is 2. The highest BCUT2D eigenvalue weighted by molar-refractivity contribution is 7.91. The average molecular weight is 368 g/mol. The minimum atomic E-state index is -4.26. The van der Waals surface area contributed by atoms with Crippen molar-refractivity contribution in [1.29, 1.82) is 0 Å². The summed E-state index contributed by atoms with van der Waals surface area (Å²) in [6, 6.07) is 1.97. The molecule has 0 bridgehead atoms. The summed E-state index contributed by atoms with van der Waals surface area (Å²) in [4.78, 5) is 12.8. The van der Waals surface area contributed by atoms with Gasteiger partial charge in [0.25, 0.3) is 10.0 Å². The lowest BCUT2D eigenvalue weighted by molar-refractivity contribution is -0.122. The summed E-state index contributed by atoms with van der Waals surface area (Å²) < 4.78 is 72.0. The summed E-state index contributed by atoms with van der Waals surface area (Å²) in [6.45, 7) is 0. The number of sulfonamides is 1. The zero-order valence-electron chi connectivity index (χ0n) is 11.8. The Kier molecular flexibility index (Phi) is 5.01. The molecule has 1 aliphatic rings. The average Bonchev–Trinajstić information content (AvgIpc) is 2.78. The van der Waals surface area contributed by atoms with Crippen LogP contribution in [0.25, 0.3) is 0 Å². The highest BCUT2D eigenvalue weighted by atomic mass is 32.2. The van der Waals surface area contributed by atoms with Crippen molar-refractivity contribution in [2.75, 3.05) is 11.5 Å². The Morgan fingerprint density at radius 3 is 2.52 bits per heavy atom. The van der Waals surface area contributed by atoms with Crippen LogP contribution < -0.4 is 10.3 Å². The molecule has 2 rings (SSSR count). The second-order valence-corrected chi connectivity index (χ2v) is 9.11. The molecule has 1 aromatic rings. The lowest BCUT2D eigenvalue weighted by Crippen LogP contribution is -2.42. The first kappa shape index (κ1) is 17.8. The number of nitrogens with one attached hydrogen (secondary N) is 2. The van der Waals surface area contributed by atoms with Gasteiger partial charge in [0, 0.05) is 6.42 Å². The number of hydrazine groups is 1. The van der Waals surface area contributed by atoms with E-state index in [-0.39, 0.29) is 23.8 Å². The Balaban J connectivity index is 1.94. The third-order valence-electron chi connectivity index (χ3n) is 3.33. The standard InChI is InChI=1S/C12H14F2N2O5S2/c13-10-2-1-9(6-11(10)14)23(20,21)16-15-12(17)5-8-3-4-22(18,19)7-8/h1-2,6,8,16H,3-5,7H2,(H,15,17)/t8-/m1/s1. The molecule has 0 aromatic heterocycles. The van der Waals surface area contributed by atoms with E-state index < -0.39 is 42.3 Å². The minimum absolute atomic E-state index is 0.00549. The predicted octanol–water partition coefficient (Wildman–Crippen LogP) is 0.0991. The summed E-state index contributed by atoms with van der Waals surface area (Å²) in [5.41, 5.74) is 1.92. The molecule has 23 heavy (non-hydrogen) atoms. The van der Waals surface area contributed by atoms with E-state index in [1.54, 1.807) is 4.83 Å². The van der Waals surface area contributed by atoms with Gasteiger partial charge in [-0.25, -0.2) is 25.6 Å². The van der Waals surface area contributed by atoms with Crippen molar-refractivity contribution in [1.82, 2.24) is 10.3 Å². The normalized spacial score (nSPS) is 20.3. The van der Waals surface area contributed by atoms with E-state index in [1.807, 2.05) is 5.43 Å². The maximum Gasteiger partial charge on any atom is 0.257 e. The summed E-state index contributed by atoms with van der Waals surface area (Å²) >= 11 is 0. The van der Waals surface area contributed by atoms with Crippen LogP contribution in [0, 0.1) is 17.6 Å². The van der Waals surface area contributed by atoms with Crippen LogP contribution in [0.5, 0.6) is 0 Å². The van der Waals surface area contributed by atoms with Crippen molar-refractivity contribution in [3.8, 4) is 0 Å². The Morgan fingerprint density at radius 1 is 1.26 bits per heavy atom. The fourth-order valence-corrected chi connectivity index (χ4v) is 4.91. The molecule has 7 nitrogen and oxygen atoms in total. The lowest BCUT2D eigenvalue weighted by Gasteiger charge is -2.10. The summed E-state index contributed by atoms with van der Waals surface area (Å²) in [5, 5.41) is 0. The van der Waals surface area contributed by atoms with Crippen molar-refractivity contribution < 1.29 is 30.4 Å². The molecule has 1 fully saturated rings. The van der Waals surface area contributed by atoms with Gasteiger partial charge in [0.2, 0.25) is 5.91 Å². The van der Waals surface area contributed by atoms with Gasteiger partial charge in [-0.2, -0.15) is 0 Å². The van der Waals surface area contributed by atoms with Crippen LogP contribution in [0.15, 0.2) is 23.1 Å². The third kappa shape index (κ3) is 4.69. The van der Waals surface area contributed by atoms with Gasteiger partial charge < -0.3 is 0 Å². The fraction of sp³-hybridized carbons (Fsp3) is 0.417. The van der Waals surface area contributed by atoms with Crippen LogP contribution >= 0.6 is 0 Å². The fourth-order valence-electron chi connectivity index (χ4n) is 2.17. The van der Waals surface area contributed by atoms with Crippen molar-refractivity contribution in [3.63, 3.8) is 0 Å². The quantitative estimate of drug-likeness (QED) is 0.717. The first-order valence-electron chi connectivity index (χ1n) is 6.55. The van der Waals surface area contributed by atoms with Crippen LogP contribution in [0.2, 0.25) is 0 Å². The number of rotatable bonds is 5. The van der Waals surface area contributed by atoms with Gasteiger partial charge in [0.1, 0.15) is 0 Å². The topological polar surface area (TPSA) is 109 Å². The van der Waals surface area contributed by atoms with Crippen molar-refractivity contribution in [2.24, 2.45) is 5.92 Å². The number of carbonyl (C=O) groups excluding carboxylic acids is 1. The lowest BCUT2D eigenvalue weighted by atomic mass is 10.1. The number of carbonyl (C=O) groups is 1. The molecular weight excluding hydrogens is 354 g/mol. The molecule has 1 heterocycles. The molecule has 1 aromatic carbocycles. The zero-order chi connectivity index (χ0) is 17.3. The monoisotopic (exact) mass is 368 g/mol. The maximum absolute atomic E-state index is 13.0. The Labute approximate surface area is 132 Å². The van der Waals surface area contributed by atoms with Crippen LogP contribution in [-0.4, -0.2) is 34.2 Å². The minimum Gasteiger partial charge on any atom is -0.278 e. The van der Waals surface area contributed by atoms with Gasteiger partial charge in [-0.1, -0.05) is 0 Å². The van der Waals surface area contributed by atoms with E-state index in [0.717, 1.165) is 6.07 Å². The summed E-state index contributed by atoms with van der Waals surface area (Å²) in [7, 11) is -7.39. The van der Waals surface area contributed by atoms with Gasteiger partial charge in [-0.15, -0.1) is 4.83 Å². The van der Waals surface area contributed by atoms with Crippen molar-refractivity contribution in [2.45, 2.75) is 17.7 Å². The molecule has 1 atom stereocenters. The first-order valence-corrected chi connectivity index (χ1v) is 9.86. The molecule has 2 N–H and O–H groups in total.